The summed E-state index contributed by atoms with van der Waals surface area (Å²) in [7, 11) is 3.09. The van der Waals surface area contributed by atoms with E-state index in [1.807, 2.05) is 18.2 Å². The van der Waals surface area contributed by atoms with Crippen LogP contribution in [0.2, 0.25) is 0 Å². The lowest BCUT2D eigenvalue weighted by Gasteiger charge is -2.18. The minimum absolute atomic E-state index is 0.0439. The zero-order chi connectivity index (χ0) is 16.7. The number of carbonyl (C=O) groups excluding carboxylic acids is 1. The van der Waals surface area contributed by atoms with Gasteiger partial charge in [-0.15, -0.1) is 0 Å². The molecule has 118 valence electrons. The number of hydrogen-bond donors (Lipinski definition) is 0. The number of esters is 1. The molecule has 0 bridgehead atoms. The molecular formula is C18H17NO4. The lowest BCUT2D eigenvalue weighted by molar-refractivity contribution is 0.0302. The van der Waals surface area contributed by atoms with Gasteiger partial charge in [0.15, 0.2) is 0 Å². The van der Waals surface area contributed by atoms with Crippen LogP contribution in [0.4, 0.5) is 0 Å². The number of benzene rings is 2. The maximum atomic E-state index is 12.3. The molecule has 23 heavy (non-hydrogen) atoms. The molecule has 5 nitrogen and oxygen atoms in total. The maximum Gasteiger partial charge on any atom is 0.338 e. The van der Waals surface area contributed by atoms with Gasteiger partial charge in [0.05, 0.1) is 32.3 Å². The molecule has 0 radical (unpaired) electrons. The lowest BCUT2D eigenvalue weighted by atomic mass is 10.1. The van der Waals surface area contributed by atoms with Crippen LogP contribution in [0.5, 0.6) is 11.5 Å². The van der Waals surface area contributed by atoms with Crippen LogP contribution in [-0.4, -0.2) is 20.2 Å². The average molecular weight is 311 g/mol. The second-order valence-electron chi connectivity index (χ2n) is 4.73. The largest absolute Gasteiger partial charge is 0.497 e. The molecule has 0 aliphatic heterocycles. The summed E-state index contributed by atoms with van der Waals surface area (Å²) in [5, 5.41) is 9.01. The molecule has 1 atom stereocenters. The molecule has 0 spiro atoms. The van der Waals surface area contributed by atoms with E-state index in [4.69, 9.17) is 19.5 Å². The van der Waals surface area contributed by atoms with Gasteiger partial charge < -0.3 is 14.2 Å². The summed E-state index contributed by atoms with van der Waals surface area (Å²) < 4.78 is 15.8. The lowest BCUT2D eigenvalue weighted by Crippen LogP contribution is -2.12. The van der Waals surface area contributed by atoms with Crippen molar-refractivity contribution in [3.63, 3.8) is 0 Å². The molecular weight excluding hydrogens is 294 g/mol. The third-order valence-electron chi connectivity index (χ3n) is 3.34. The van der Waals surface area contributed by atoms with Crippen molar-refractivity contribution >= 4 is 5.97 Å². The van der Waals surface area contributed by atoms with Crippen LogP contribution in [0.1, 0.15) is 28.4 Å². The summed E-state index contributed by atoms with van der Waals surface area (Å²) in [6, 6.07) is 15.8. The van der Waals surface area contributed by atoms with Gasteiger partial charge in [0.1, 0.15) is 17.6 Å². The molecule has 0 aliphatic carbocycles. The molecule has 0 aromatic heterocycles. The minimum Gasteiger partial charge on any atom is -0.497 e. The molecule has 0 heterocycles. The Bertz CT molecular complexity index is 704. The number of hydrogen-bond acceptors (Lipinski definition) is 5. The Kier molecular flexibility index (Phi) is 5.59. The topological polar surface area (TPSA) is 68.5 Å². The number of ether oxygens (including phenoxy) is 3. The summed E-state index contributed by atoms with van der Waals surface area (Å²) in [6.45, 7) is 0. The van der Waals surface area contributed by atoms with Crippen LogP contribution in [0.25, 0.3) is 0 Å². The van der Waals surface area contributed by atoms with E-state index >= 15 is 0 Å². The van der Waals surface area contributed by atoms with Crippen molar-refractivity contribution in [2.24, 2.45) is 0 Å². The van der Waals surface area contributed by atoms with Gasteiger partial charge in [0.2, 0.25) is 0 Å². The number of nitriles is 1. The molecule has 2 aromatic rings. The van der Waals surface area contributed by atoms with Crippen molar-refractivity contribution in [2.45, 2.75) is 12.5 Å². The normalized spacial score (nSPS) is 11.2. The molecule has 5 heteroatoms. The number of rotatable bonds is 6. The fourth-order valence-electron chi connectivity index (χ4n) is 2.15. The van der Waals surface area contributed by atoms with Gasteiger partial charge in [-0.2, -0.15) is 5.26 Å². The third-order valence-corrected chi connectivity index (χ3v) is 3.34. The van der Waals surface area contributed by atoms with Crippen molar-refractivity contribution in [1.82, 2.24) is 0 Å². The van der Waals surface area contributed by atoms with Crippen LogP contribution >= 0.6 is 0 Å². The Morgan fingerprint density at radius 2 is 1.78 bits per heavy atom. The summed E-state index contributed by atoms with van der Waals surface area (Å²) in [6.07, 6.45) is -0.645. The highest BCUT2D eigenvalue weighted by Gasteiger charge is 2.21. The SMILES string of the molecule is COc1ccc(C(=O)O[C@H](CC#N)c2ccccc2OC)cc1. The molecule has 0 saturated carbocycles. The van der Waals surface area contributed by atoms with Gasteiger partial charge in [-0.05, 0) is 30.3 Å². The van der Waals surface area contributed by atoms with E-state index in [9.17, 15) is 4.79 Å². The third kappa shape index (κ3) is 4.01. The number of methoxy groups -OCH3 is 2. The predicted molar refractivity (Wildman–Crippen MR) is 84.4 cm³/mol. The molecule has 0 amide bonds. The second-order valence-corrected chi connectivity index (χ2v) is 4.73. The molecule has 2 rings (SSSR count). The number of carbonyl (C=O) groups is 1. The van der Waals surface area contributed by atoms with Crippen LogP contribution in [0, 0.1) is 11.3 Å². The first-order chi connectivity index (χ1) is 11.2. The van der Waals surface area contributed by atoms with Crippen molar-refractivity contribution in [2.75, 3.05) is 14.2 Å². The summed E-state index contributed by atoms with van der Waals surface area (Å²) in [4.78, 5) is 12.3. The van der Waals surface area contributed by atoms with Gasteiger partial charge in [0.25, 0.3) is 0 Å². The average Bonchev–Trinajstić information content (AvgIpc) is 2.61. The van der Waals surface area contributed by atoms with Gasteiger partial charge in [-0.3, -0.25) is 0 Å². The highest BCUT2D eigenvalue weighted by atomic mass is 16.5. The zero-order valence-corrected chi connectivity index (χ0v) is 13.0. The fourth-order valence-corrected chi connectivity index (χ4v) is 2.15. The molecule has 0 unspecified atom stereocenters. The Balaban J connectivity index is 2.21. The Labute approximate surface area is 135 Å². The van der Waals surface area contributed by atoms with Crippen molar-refractivity contribution in [3.8, 4) is 17.6 Å². The summed E-state index contributed by atoms with van der Waals surface area (Å²) in [5.74, 6) is 0.731. The van der Waals surface area contributed by atoms with E-state index in [2.05, 4.69) is 0 Å². The molecule has 0 saturated heterocycles. The van der Waals surface area contributed by atoms with Crippen molar-refractivity contribution in [3.05, 3.63) is 59.7 Å². The first-order valence-corrected chi connectivity index (χ1v) is 7.04. The first kappa shape index (κ1) is 16.4. The molecule has 0 N–H and O–H groups in total. The predicted octanol–water partition coefficient (Wildman–Crippen LogP) is 3.52. The van der Waals surface area contributed by atoms with E-state index in [0.29, 0.717) is 22.6 Å². The maximum absolute atomic E-state index is 12.3. The van der Waals surface area contributed by atoms with Gasteiger partial charge in [-0.1, -0.05) is 18.2 Å². The van der Waals surface area contributed by atoms with Gasteiger partial charge in [-0.25, -0.2) is 4.79 Å². The summed E-state index contributed by atoms with van der Waals surface area (Å²) in [5.41, 5.74) is 1.06. The summed E-state index contributed by atoms with van der Waals surface area (Å²) >= 11 is 0. The van der Waals surface area contributed by atoms with Crippen molar-refractivity contribution < 1.29 is 19.0 Å². The minimum atomic E-state index is -0.689. The van der Waals surface area contributed by atoms with E-state index < -0.39 is 12.1 Å². The molecule has 0 fully saturated rings. The quantitative estimate of drug-likeness (QED) is 0.764. The van der Waals surface area contributed by atoms with Gasteiger partial charge >= 0.3 is 5.97 Å². The zero-order valence-electron chi connectivity index (χ0n) is 13.0. The number of nitrogens with zero attached hydrogens (tertiary/aromatic N) is 1. The number of para-hydroxylation sites is 1. The van der Waals surface area contributed by atoms with Crippen molar-refractivity contribution in [1.29, 1.82) is 5.26 Å². The monoisotopic (exact) mass is 311 g/mol. The molecule has 2 aromatic carbocycles. The Morgan fingerprint density at radius 3 is 2.39 bits per heavy atom. The van der Waals surface area contributed by atoms with Gasteiger partial charge in [0, 0.05) is 5.56 Å². The van der Waals surface area contributed by atoms with Crippen LogP contribution in [-0.2, 0) is 4.74 Å². The van der Waals surface area contributed by atoms with E-state index in [0.717, 1.165) is 0 Å². The van der Waals surface area contributed by atoms with E-state index in [1.54, 1.807) is 43.5 Å². The Hall–Kier alpha value is -3.00. The van der Waals surface area contributed by atoms with Crippen LogP contribution in [0.15, 0.2) is 48.5 Å². The Morgan fingerprint density at radius 1 is 1.09 bits per heavy atom. The van der Waals surface area contributed by atoms with E-state index in [1.165, 1.54) is 7.11 Å². The first-order valence-electron chi connectivity index (χ1n) is 7.04. The second kappa shape index (κ2) is 7.85. The standard InChI is InChI=1S/C18H17NO4/c1-21-14-9-7-13(8-10-14)18(20)23-17(11-12-19)15-5-3-4-6-16(15)22-2/h3-10,17H,11H2,1-2H3/t17-/m1/s1. The molecule has 0 aliphatic rings. The smallest absolute Gasteiger partial charge is 0.338 e. The van der Waals surface area contributed by atoms with E-state index in [-0.39, 0.29) is 6.42 Å². The fraction of sp³-hybridized carbons (Fsp3) is 0.222. The highest BCUT2D eigenvalue weighted by Crippen LogP contribution is 2.30. The highest BCUT2D eigenvalue weighted by molar-refractivity contribution is 5.89. The van der Waals surface area contributed by atoms with Crippen LogP contribution in [0.3, 0.4) is 0 Å². The van der Waals surface area contributed by atoms with Crippen LogP contribution < -0.4 is 9.47 Å².